The van der Waals surface area contributed by atoms with Gasteiger partial charge >= 0.3 is 5.97 Å². The van der Waals surface area contributed by atoms with Crippen LogP contribution in [0.3, 0.4) is 0 Å². The number of ether oxygens (including phenoxy) is 2. The van der Waals surface area contributed by atoms with Gasteiger partial charge in [-0.05, 0) is 41.5 Å². The summed E-state index contributed by atoms with van der Waals surface area (Å²) in [5.41, 5.74) is 11.4. The molecule has 0 saturated carbocycles. The fourth-order valence-electron chi connectivity index (χ4n) is 3.40. The van der Waals surface area contributed by atoms with Gasteiger partial charge in [-0.3, -0.25) is 4.99 Å². The number of carbonyl (C=O) groups excluding carboxylic acids is 1. The highest BCUT2D eigenvalue weighted by Crippen LogP contribution is 2.23. The molecule has 2 aromatic carbocycles. The second kappa shape index (κ2) is 14.8. The van der Waals surface area contributed by atoms with Crippen molar-refractivity contribution in [3.63, 3.8) is 0 Å². The van der Waals surface area contributed by atoms with E-state index in [1.54, 1.807) is 19.5 Å². The van der Waals surface area contributed by atoms with Gasteiger partial charge in [0.1, 0.15) is 6.61 Å². The summed E-state index contributed by atoms with van der Waals surface area (Å²) in [5.74, 6) is -0.611. The minimum absolute atomic E-state index is 0.0264. The number of allylic oxidation sites excluding steroid dienone is 1. The largest absolute Gasteiger partial charge is 0.460 e. The van der Waals surface area contributed by atoms with Crippen LogP contribution in [0.25, 0.3) is 16.7 Å². The molecule has 6 nitrogen and oxygen atoms in total. The molecule has 2 aromatic rings. The fraction of sp³-hybridized carbons (Fsp3) is 0.357. The molecule has 0 aliphatic heterocycles. The Morgan fingerprint density at radius 3 is 2.35 bits per heavy atom. The van der Waals surface area contributed by atoms with Crippen molar-refractivity contribution in [2.45, 2.75) is 38.7 Å². The Labute approximate surface area is 202 Å². The Morgan fingerprint density at radius 2 is 1.79 bits per heavy atom. The average Bonchev–Trinajstić information content (AvgIpc) is 2.88. The third-order valence-corrected chi connectivity index (χ3v) is 5.48. The lowest BCUT2D eigenvalue weighted by Gasteiger charge is -2.15. The molecule has 0 aliphatic rings. The first-order chi connectivity index (χ1) is 16.5. The first-order valence-corrected chi connectivity index (χ1v) is 11.6. The zero-order valence-corrected chi connectivity index (χ0v) is 20.2. The number of aryl methyl sites for hydroxylation is 1. The molecule has 6 heteroatoms. The van der Waals surface area contributed by atoms with Crippen LogP contribution in [0.5, 0.6) is 0 Å². The Balaban J connectivity index is 1.84. The molecule has 2 rings (SSSR count). The zero-order chi connectivity index (χ0) is 24.8. The molecular weight excluding hydrogens is 428 g/mol. The molecule has 0 spiro atoms. The van der Waals surface area contributed by atoms with Crippen LogP contribution in [-0.4, -0.2) is 50.3 Å². The minimum Gasteiger partial charge on any atom is -0.460 e. The molecule has 3 N–H and O–H groups in total. The van der Waals surface area contributed by atoms with Crippen LogP contribution in [0.1, 0.15) is 37.3 Å². The number of aliphatic imine (C=N–C) groups is 1. The number of esters is 1. The van der Waals surface area contributed by atoms with Gasteiger partial charge in [-0.15, -0.1) is 0 Å². The predicted octanol–water partition coefficient (Wildman–Crippen LogP) is 4.56. The van der Waals surface area contributed by atoms with Crippen LogP contribution in [0.15, 0.2) is 71.9 Å². The molecule has 0 heterocycles. The van der Waals surface area contributed by atoms with Gasteiger partial charge in [-0.1, -0.05) is 68.5 Å². The third kappa shape index (κ3) is 8.61. The Bertz CT molecular complexity index is 963. The van der Waals surface area contributed by atoms with Gasteiger partial charge in [0.25, 0.3) is 0 Å². The summed E-state index contributed by atoms with van der Waals surface area (Å²) in [5, 5.41) is 8.91. The Morgan fingerprint density at radius 1 is 1.15 bits per heavy atom. The van der Waals surface area contributed by atoms with Crippen molar-refractivity contribution in [2.75, 3.05) is 26.9 Å². The van der Waals surface area contributed by atoms with Crippen LogP contribution in [0.2, 0.25) is 0 Å². The first kappa shape index (κ1) is 27.0. The summed E-state index contributed by atoms with van der Waals surface area (Å²) >= 11 is 0. The van der Waals surface area contributed by atoms with Crippen molar-refractivity contribution in [3.8, 4) is 11.1 Å². The van der Waals surface area contributed by atoms with E-state index in [0.717, 1.165) is 36.0 Å². The van der Waals surface area contributed by atoms with Gasteiger partial charge in [-0.25, -0.2) is 4.79 Å². The highest BCUT2D eigenvalue weighted by Gasteiger charge is 2.13. The first-order valence-electron chi connectivity index (χ1n) is 11.6. The standard InChI is InChI=1S/C28H36N2O4/c1-4-6-22-8-10-23(11-9-22)24-12-14-25(15-13-24)26(17-29)18-30-16-5-7-27(33-3)20-34-28(32)21(2)19-31/h8-15,17-18,27,31H,2,4-7,16,19-20,29H2,1,3H3/b26-17+,30-18?. The number of hydrogen-bond donors (Lipinski definition) is 2. The van der Waals surface area contributed by atoms with Gasteiger partial charge in [0.15, 0.2) is 0 Å². The topological polar surface area (TPSA) is 94.1 Å². The number of nitrogens with two attached hydrogens (primary N) is 1. The van der Waals surface area contributed by atoms with E-state index in [-0.39, 0.29) is 18.3 Å². The van der Waals surface area contributed by atoms with Crippen LogP contribution < -0.4 is 5.73 Å². The van der Waals surface area contributed by atoms with E-state index in [1.165, 1.54) is 11.1 Å². The van der Waals surface area contributed by atoms with Crippen LogP contribution in [-0.2, 0) is 20.7 Å². The number of aliphatic hydroxyl groups is 1. The lowest BCUT2D eigenvalue weighted by atomic mass is 9.99. The third-order valence-electron chi connectivity index (χ3n) is 5.48. The molecule has 0 aromatic heterocycles. The van der Waals surface area contributed by atoms with Crippen LogP contribution >= 0.6 is 0 Å². The SMILES string of the molecule is C=C(CO)C(=O)OCC(CCCN=C/C(=C\N)c1ccc(-c2ccc(CCC)cc2)cc1)OC. The summed E-state index contributed by atoms with van der Waals surface area (Å²) in [6, 6.07) is 17.0. The Kier molecular flexibility index (Phi) is 11.8. The highest BCUT2D eigenvalue weighted by molar-refractivity contribution is 6.09. The van der Waals surface area contributed by atoms with Crippen molar-refractivity contribution in [1.29, 1.82) is 0 Å². The van der Waals surface area contributed by atoms with E-state index in [4.69, 9.17) is 20.3 Å². The average molecular weight is 465 g/mol. The number of carbonyl (C=O) groups is 1. The van der Waals surface area contributed by atoms with E-state index in [1.807, 2.05) is 0 Å². The molecule has 0 fully saturated rings. The van der Waals surface area contributed by atoms with E-state index >= 15 is 0 Å². The van der Waals surface area contributed by atoms with Crippen molar-refractivity contribution >= 4 is 17.8 Å². The molecule has 0 radical (unpaired) electrons. The number of aliphatic hydroxyl groups excluding tert-OH is 1. The summed E-state index contributed by atoms with van der Waals surface area (Å²) < 4.78 is 10.4. The van der Waals surface area contributed by atoms with Gasteiger partial charge in [0, 0.05) is 31.6 Å². The molecule has 0 aliphatic carbocycles. The minimum atomic E-state index is -0.611. The van der Waals surface area contributed by atoms with E-state index in [9.17, 15) is 4.79 Å². The van der Waals surface area contributed by atoms with Crippen LogP contribution in [0, 0.1) is 0 Å². The molecule has 0 amide bonds. The van der Waals surface area contributed by atoms with E-state index in [2.05, 4.69) is 67.0 Å². The summed E-state index contributed by atoms with van der Waals surface area (Å²) in [7, 11) is 1.57. The number of methoxy groups -OCH3 is 1. The smallest absolute Gasteiger partial charge is 0.335 e. The van der Waals surface area contributed by atoms with Crippen molar-refractivity contribution in [2.24, 2.45) is 10.7 Å². The second-order valence-electron chi connectivity index (χ2n) is 8.04. The second-order valence-corrected chi connectivity index (χ2v) is 8.04. The zero-order valence-electron chi connectivity index (χ0n) is 20.2. The summed E-state index contributed by atoms with van der Waals surface area (Å²) in [4.78, 5) is 16.1. The van der Waals surface area contributed by atoms with E-state index < -0.39 is 12.6 Å². The molecule has 1 atom stereocenters. The maximum atomic E-state index is 11.6. The maximum absolute atomic E-state index is 11.6. The van der Waals surface area contributed by atoms with Gasteiger partial charge in [-0.2, -0.15) is 0 Å². The van der Waals surface area contributed by atoms with Gasteiger partial charge < -0.3 is 20.3 Å². The molecule has 182 valence electrons. The lowest BCUT2D eigenvalue weighted by molar-refractivity contribution is -0.143. The monoisotopic (exact) mass is 464 g/mol. The fourth-order valence-corrected chi connectivity index (χ4v) is 3.40. The van der Waals surface area contributed by atoms with Crippen LogP contribution in [0.4, 0.5) is 0 Å². The summed E-state index contributed by atoms with van der Waals surface area (Å²) in [6.45, 7) is 5.92. The lowest BCUT2D eigenvalue weighted by Crippen LogP contribution is -2.22. The van der Waals surface area contributed by atoms with Gasteiger partial charge in [0.2, 0.25) is 0 Å². The molecular formula is C28H36N2O4. The van der Waals surface area contributed by atoms with E-state index in [0.29, 0.717) is 13.0 Å². The number of rotatable bonds is 14. The van der Waals surface area contributed by atoms with Crippen molar-refractivity contribution in [3.05, 3.63) is 78.0 Å². The highest BCUT2D eigenvalue weighted by atomic mass is 16.6. The maximum Gasteiger partial charge on any atom is 0.335 e. The quantitative estimate of drug-likeness (QED) is 0.185. The van der Waals surface area contributed by atoms with Crippen molar-refractivity contribution in [1.82, 2.24) is 0 Å². The Hall–Kier alpha value is -3.22. The van der Waals surface area contributed by atoms with Crippen molar-refractivity contribution < 1.29 is 19.4 Å². The molecule has 0 saturated heterocycles. The number of hydrogen-bond acceptors (Lipinski definition) is 6. The number of nitrogens with zero attached hydrogens (tertiary/aromatic N) is 1. The normalized spacial score (nSPS) is 12.6. The van der Waals surface area contributed by atoms with Gasteiger partial charge in [0.05, 0.1) is 18.3 Å². The molecule has 0 bridgehead atoms. The number of benzene rings is 2. The predicted molar refractivity (Wildman–Crippen MR) is 139 cm³/mol. The summed E-state index contributed by atoms with van der Waals surface area (Å²) in [6.07, 6.45) is 6.79. The molecule has 34 heavy (non-hydrogen) atoms. The molecule has 1 unspecified atom stereocenters.